The second-order valence-electron chi connectivity index (χ2n) is 5.60. The largest absolute Gasteiger partial charge is 0.375 e. The van der Waals surface area contributed by atoms with Gasteiger partial charge in [-0.2, -0.15) is 0 Å². The Morgan fingerprint density at radius 3 is 3.10 bits per heavy atom. The van der Waals surface area contributed by atoms with Gasteiger partial charge in [0.05, 0.1) is 24.9 Å². The number of aliphatic imine (C=N–C) groups is 1. The van der Waals surface area contributed by atoms with Gasteiger partial charge in [0.2, 0.25) is 0 Å². The Kier molecular flexibility index (Phi) is 5.86. The van der Waals surface area contributed by atoms with Crippen molar-refractivity contribution in [2.24, 2.45) is 10.7 Å². The Labute approximate surface area is 142 Å². The van der Waals surface area contributed by atoms with Gasteiger partial charge < -0.3 is 19.9 Å². The molecule has 6 nitrogen and oxygen atoms in total. The molecule has 1 aromatic heterocycles. The van der Waals surface area contributed by atoms with E-state index in [1.165, 1.54) is 18.7 Å². The summed E-state index contributed by atoms with van der Waals surface area (Å²) in [5.74, 6) is 1.80. The first kappa shape index (κ1) is 16.5. The molecule has 0 amide bonds. The summed E-state index contributed by atoms with van der Waals surface area (Å²) in [5, 5.41) is 0. The average molecular weight is 405 g/mol. The van der Waals surface area contributed by atoms with Crippen molar-refractivity contribution < 1.29 is 4.74 Å². The SMILES string of the molecule is CC1CN(C(N)=NCc2cn3c(n2)CCCC3)CCO1.I. The quantitative estimate of drug-likeness (QED) is 0.459. The van der Waals surface area contributed by atoms with Crippen LogP contribution in [0.2, 0.25) is 0 Å². The van der Waals surface area contributed by atoms with E-state index in [9.17, 15) is 0 Å². The van der Waals surface area contributed by atoms with Crippen molar-refractivity contribution in [3.8, 4) is 0 Å². The van der Waals surface area contributed by atoms with Crippen LogP contribution in [-0.2, 0) is 24.2 Å². The molecule has 7 heteroatoms. The number of hydrogen-bond acceptors (Lipinski definition) is 3. The molecule has 3 rings (SSSR count). The molecule has 118 valence electrons. The van der Waals surface area contributed by atoms with Gasteiger partial charge in [-0.05, 0) is 19.8 Å². The lowest BCUT2D eigenvalue weighted by atomic mass is 10.2. The summed E-state index contributed by atoms with van der Waals surface area (Å²) in [6.45, 7) is 6.06. The van der Waals surface area contributed by atoms with Gasteiger partial charge in [0.1, 0.15) is 5.82 Å². The number of ether oxygens (including phenoxy) is 1. The highest BCUT2D eigenvalue weighted by Crippen LogP contribution is 2.15. The van der Waals surface area contributed by atoms with Crippen molar-refractivity contribution in [1.29, 1.82) is 0 Å². The van der Waals surface area contributed by atoms with Crippen molar-refractivity contribution in [2.75, 3.05) is 19.7 Å². The Bertz CT molecular complexity index is 478. The van der Waals surface area contributed by atoms with E-state index in [-0.39, 0.29) is 30.1 Å². The van der Waals surface area contributed by atoms with Crippen LogP contribution in [0.1, 0.15) is 31.3 Å². The van der Waals surface area contributed by atoms with Crippen LogP contribution in [0.3, 0.4) is 0 Å². The fourth-order valence-electron chi connectivity index (χ4n) is 2.84. The van der Waals surface area contributed by atoms with Gasteiger partial charge in [-0.25, -0.2) is 9.98 Å². The van der Waals surface area contributed by atoms with Crippen molar-refractivity contribution >= 4 is 29.9 Å². The van der Waals surface area contributed by atoms with Crippen LogP contribution in [0.5, 0.6) is 0 Å². The first-order valence-corrected chi connectivity index (χ1v) is 7.44. The van der Waals surface area contributed by atoms with Gasteiger partial charge >= 0.3 is 0 Å². The summed E-state index contributed by atoms with van der Waals surface area (Å²) in [6, 6.07) is 0. The molecule has 0 spiro atoms. The maximum Gasteiger partial charge on any atom is 0.191 e. The van der Waals surface area contributed by atoms with Crippen LogP contribution in [0, 0.1) is 0 Å². The van der Waals surface area contributed by atoms with E-state index < -0.39 is 0 Å². The highest BCUT2D eigenvalue weighted by Gasteiger charge is 2.18. The zero-order valence-electron chi connectivity index (χ0n) is 12.5. The number of nitrogens with zero attached hydrogens (tertiary/aromatic N) is 4. The molecule has 0 aromatic carbocycles. The maximum atomic E-state index is 6.07. The lowest BCUT2D eigenvalue weighted by Crippen LogP contribution is -2.47. The number of halogens is 1. The number of aromatic nitrogens is 2. The lowest BCUT2D eigenvalue weighted by Gasteiger charge is -2.31. The Morgan fingerprint density at radius 2 is 2.33 bits per heavy atom. The topological polar surface area (TPSA) is 68.7 Å². The minimum absolute atomic E-state index is 0. The molecule has 0 bridgehead atoms. The lowest BCUT2D eigenvalue weighted by molar-refractivity contribution is 0.00528. The van der Waals surface area contributed by atoms with Crippen molar-refractivity contribution in [2.45, 2.75) is 45.4 Å². The zero-order valence-corrected chi connectivity index (χ0v) is 14.8. The summed E-state index contributed by atoms with van der Waals surface area (Å²) in [4.78, 5) is 11.2. The highest BCUT2D eigenvalue weighted by molar-refractivity contribution is 14.0. The van der Waals surface area contributed by atoms with Crippen LogP contribution in [-0.4, -0.2) is 46.2 Å². The van der Waals surface area contributed by atoms with E-state index in [0.717, 1.165) is 38.4 Å². The molecular weight excluding hydrogens is 381 g/mol. The third-order valence-electron chi connectivity index (χ3n) is 3.93. The predicted molar refractivity (Wildman–Crippen MR) is 92.9 cm³/mol. The smallest absolute Gasteiger partial charge is 0.191 e. The molecule has 0 saturated carbocycles. The van der Waals surface area contributed by atoms with Gasteiger partial charge in [-0.15, -0.1) is 24.0 Å². The average Bonchev–Trinajstić information content (AvgIpc) is 2.87. The third kappa shape index (κ3) is 4.09. The number of fused-ring (bicyclic) bond motifs is 1. The normalized spacial score (nSPS) is 22.6. The van der Waals surface area contributed by atoms with E-state index in [2.05, 4.69) is 32.6 Å². The first-order valence-electron chi connectivity index (χ1n) is 7.44. The first-order chi connectivity index (χ1) is 9.72. The molecule has 1 saturated heterocycles. The summed E-state index contributed by atoms with van der Waals surface area (Å²) in [6.07, 6.45) is 5.92. The number of rotatable bonds is 2. The molecule has 1 aromatic rings. The standard InChI is InChI=1S/C14H23N5O.HI/c1-11-9-19(6-7-20-11)14(15)16-8-12-10-18-5-3-2-4-13(18)17-12;/h10-11H,2-9H2,1H3,(H2,15,16);1H. The molecule has 0 radical (unpaired) electrons. The summed E-state index contributed by atoms with van der Waals surface area (Å²) < 4.78 is 7.76. The van der Waals surface area contributed by atoms with Crippen molar-refractivity contribution in [1.82, 2.24) is 14.5 Å². The number of imidazole rings is 1. The van der Waals surface area contributed by atoms with Gasteiger partial charge in [-0.1, -0.05) is 0 Å². The molecule has 3 heterocycles. The van der Waals surface area contributed by atoms with E-state index in [0.29, 0.717) is 12.5 Å². The number of aryl methyl sites for hydroxylation is 2. The predicted octanol–water partition coefficient (Wildman–Crippen LogP) is 1.37. The molecule has 0 aliphatic carbocycles. The minimum Gasteiger partial charge on any atom is -0.375 e. The van der Waals surface area contributed by atoms with Crippen LogP contribution < -0.4 is 5.73 Å². The fraction of sp³-hybridized carbons (Fsp3) is 0.714. The van der Waals surface area contributed by atoms with Gasteiger partial charge in [0.15, 0.2) is 5.96 Å². The molecular formula is C14H24IN5O. The fourth-order valence-corrected chi connectivity index (χ4v) is 2.84. The monoisotopic (exact) mass is 405 g/mol. The van der Waals surface area contributed by atoms with Gasteiger partial charge in [-0.3, -0.25) is 0 Å². The van der Waals surface area contributed by atoms with E-state index >= 15 is 0 Å². The summed E-state index contributed by atoms with van der Waals surface area (Å²) >= 11 is 0. The molecule has 2 N–H and O–H groups in total. The molecule has 1 atom stereocenters. The van der Waals surface area contributed by atoms with Crippen molar-refractivity contribution in [3.63, 3.8) is 0 Å². The van der Waals surface area contributed by atoms with Crippen LogP contribution in [0.25, 0.3) is 0 Å². The number of guanidine groups is 1. The van der Waals surface area contributed by atoms with E-state index in [1.54, 1.807) is 0 Å². The summed E-state index contributed by atoms with van der Waals surface area (Å²) in [5.41, 5.74) is 7.09. The van der Waals surface area contributed by atoms with Gasteiger partial charge in [0, 0.05) is 32.3 Å². The van der Waals surface area contributed by atoms with Crippen LogP contribution >= 0.6 is 24.0 Å². The molecule has 2 aliphatic heterocycles. The van der Waals surface area contributed by atoms with E-state index in [4.69, 9.17) is 10.5 Å². The number of hydrogen-bond donors (Lipinski definition) is 1. The molecule has 1 fully saturated rings. The van der Waals surface area contributed by atoms with Crippen LogP contribution in [0.4, 0.5) is 0 Å². The second kappa shape index (κ2) is 7.44. The number of morpholine rings is 1. The Hall–Kier alpha value is -0.830. The third-order valence-corrected chi connectivity index (χ3v) is 3.93. The van der Waals surface area contributed by atoms with Crippen molar-refractivity contribution in [3.05, 3.63) is 17.7 Å². The van der Waals surface area contributed by atoms with E-state index in [1.807, 2.05) is 0 Å². The summed E-state index contributed by atoms with van der Waals surface area (Å²) in [7, 11) is 0. The Balaban J connectivity index is 0.00000161. The molecule has 1 unspecified atom stereocenters. The maximum absolute atomic E-state index is 6.07. The minimum atomic E-state index is 0. The Morgan fingerprint density at radius 1 is 1.48 bits per heavy atom. The van der Waals surface area contributed by atoms with Crippen LogP contribution in [0.15, 0.2) is 11.2 Å². The number of nitrogens with two attached hydrogens (primary N) is 1. The molecule has 21 heavy (non-hydrogen) atoms. The zero-order chi connectivity index (χ0) is 13.9. The second-order valence-corrected chi connectivity index (χ2v) is 5.60. The molecule has 2 aliphatic rings. The highest BCUT2D eigenvalue weighted by atomic mass is 127. The van der Waals surface area contributed by atoms with Gasteiger partial charge in [0.25, 0.3) is 0 Å².